The maximum atomic E-state index is 13.1. The SMILES string of the molecule is Cn1c(C(C#N)C(=O)c2cccc(N3CCCC3=O)c2)nc2ccccc21. The van der Waals surface area contributed by atoms with E-state index >= 15 is 0 Å². The van der Waals surface area contributed by atoms with Crippen molar-refractivity contribution in [2.75, 3.05) is 11.4 Å². The van der Waals surface area contributed by atoms with Gasteiger partial charge in [-0.05, 0) is 30.7 Å². The number of aryl methyl sites for hydroxylation is 1. The average Bonchev–Trinajstić information content (AvgIpc) is 3.26. The Morgan fingerprint density at radius 3 is 2.74 bits per heavy atom. The molecule has 1 aliphatic rings. The average molecular weight is 358 g/mol. The van der Waals surface area contributed by atoms with E-state index in [0.29, 0.717) is 30.0 Å². The molecule has 2 heterocycles. The number of hydrogen-bond donors (Lipinski definition) is 0. The van der Waals surface area contributed by atoms with E-state index in [1.54, 1.807) is 27.7 Å². The van der Waals surface area contributed by atoms with E-state index in [1.807, 2.05) is 37.4 Å². The van der Waals surface area contributed by atoms with E-state index in [-0.39, 0.29) is 11.7 Å². The zero-order valence-corrected chi connectivity index (χ0v) is 14.9. The zero-order chi connectivity index (χ0) is 19.0. The lowest BCUT2D eigenvalue weighted by Gasteiger charge is -2.17. The number of carbonyl (C=O) groups excluding carboxylic acids is 2. The van der Waals surface area contributed by atoms with Gasteiger partial charge in [0.25, 0.3) is 0 Å². The summed E-state index contributed by atoms with van der Waals surface area (Å²) in [5, 5.41) is 9.69. The summed E-state index contributed by atoms with van der Waals surface area (Å²) in [5.74, 6) is -0.838. The summed E-state index contributed by atoms with van der Waals surface area (Å²) in [6.07, 6.45) is 1.34. The van der Waals surface area contributed by atoms with Crippen LogP contribution in [0.15, 0.2) is 48.5 Å². The molecule has 1 atom stereocenters. The van der Waals surface area contributed by atoms with Gasteiger partial charge in [0.05, 0.1) is 17.1 Å². The Morgan fingerprint density at radius 1 is 1.22 bits per heavy atom. The number of aromatic nitrogens is 2. The number of fused-ring (bicyclic) bond motifs is 1. The highest BCUT2D eigenvalue weighted by Crippen LogP contribution is 2.27. The highest BCUT2D eigenvalue weighted by atomic mass is 16.2. The number of para-hydroxylation sites is 2. The molecule has 0 spiro atoms. The van der Waals surface area contributed by atoms with Gasteiger partial charge >= 0.3 is 0 Å². The molecule has 1 unspecified atom stereocenters. The summed E-state index contributed by atoms with van der Waals surface area (Å²) in [6.45, 7) is 0.656. The number of benzene rings is 2. The number of rotatable bonds is 4. The molecule has 1 aromatic heterocycles. The van der Waals surface area contributed by atoms with E-state index in [4.69, 9.17) is 0 Å². The van der Waals surface area contributed by atoms with Crippen molar-refractivity contribution < 1.29 is 9.59 Å². The number of nitriles is 1. The number of amides is 1. The van der Waals surface area contributed by atoms with Gasteiger partial charge in [-0.1, -0.05) is 24.3 Å². The molecule has 134 valence electrons. The van der Waals surface area contributed by atoms with Crippen molar-refractivity contribution in [1.82, 2.24) is 9.55 Å². The first kappa shape index (κ1) is 17.0. The first-order valence-corrected chi connectivity index (χ1v) is 8.86. The summed E-state index contributed by atoms with van der Waals surface area (Å²) in [7, 11) is 1.81. The number of imidazole rings is 1. The molecule has 0 N–H and O–H groups in total. The Kier molecular flexibility index (Phi) is 4.21. The lowest BCUT2D eigenvalue weighted by atomic mass is 9.97. The van der Waals surface area contributed by atoms with Gasteiger partial charge in [0.2, 0.25) is 5.91 Å². The third kappa shape index (κ3) is 2.87. The second-order valence-corrected chi connectivity index (χ2v) is 6.64. The molecule has 6 heteroatoms. The van der Waals surface area contributed by atoms with Crippen LogP contribution in [0.25, 0.3) is 11.0 Å². The number of carbonyl (C=O) groups is 2. The largest absolute Gasteiger partial charge is 0.330 e. The van der Waals surface area contributed by atoms with E-state index in [9.17, 15) is 14.9 Å². The molecule has 0 aliphatic carbocycles. The first-order valence-electron chi connectivity index (χ1n) is 8.86. The minimum absolute atomic E-state index is 0.0618. The number of nitrogens with zero attached hydrogens (tertiary/aromatic N) is 4. The minimum atomic E-state index is -1.01. The maximum absolute atomic E-state index is 13.1. The lowest BCUT2D eigenvalue weighted by Crippen LogP contribution is -2.24. The fourth-order valence-corrected chi connectivity index (χ4v) is 3.57. The van der Waals surface area contributed by atoms with Crippen molar-refractivity contribution in [1.29, 1.82) is 5.26 Å². The standard InChI is InChI=1S/C21H18N4O2/c1-24-18-9-3-2-8-17(18)23-21(24)16(13-22)20(27)14-6-4-7-15(12-14)25-11-5-10-19(25)26/h2-4,6-9,12,16H,5,10-11H2,1H3. The number of Topliss-reactive ketones (excluding diaryl/α,β-unsaturated/α-hetero) is 1. The second kappa shape index (κ2) is 6.69. The third-order valence-corrected chi connectivity index (χ3v) is 4.99. The highest BCUT2D eigenvalue weighted by molar-refractivity contribution is 6.04. The van der Waals surface area contributed by atoms with Crippen LogP contribution in [0.1, 0.15) is 34.9 Å². The Labute approximate surface area is 156 Å². The second-order valence-electron chi connectivity index (χ2n) is 6.64. The van der Waals surface area contributed by atoms with Crippen LogP contribution in [0.5, 0.6) is 0 Å². The van der Waals surface area contributed by atoms with E-state index < -0.39 is 5.92 Å². The molecule has 0 radical (unpaired) electrons. The molecule has 1 fully saturated rings. The quantitative estimate of drug-likeness (QED) is 0.671. The third-order valence-electron chi connectivity index (χ3n) is 4.99. The topological polar surface area (TPSA) is 79.0 Å². The van der Waals surface area contributed by atoms with Crippen LogP contribution >= 0.6 is 0 Å². The predicted molar refractivity (Wildman–Crippen MR) is 101 cm³/mol. The van der Waals surface area contributed by atoms with Crippen LogP contribution in [0.3, 0.4) is 0 Å². The molecule has 1 saturated heterocycles. The Bertz CT molecular complexity index is 1090. The van der Waals surface area contributed by atoms with Crippen molar-refractivity contribution in [2.24, 2.45) is 7.05 Å². The van der Waals surface area contributed by atoms with Gasteiger partial charge in [-0.2, -0.15) is 5.26 Å². The molecule has 1 amide bonds. The van der Waals surface area contributed by atoms with Gasteiger partial charge in [-0.15, -0.1) is 0 Å². The van der Waals surface area contributed by atoms with E-state index in [2.05, 4.69) is 11.1 Å². The molecular weight excluding hydrogens is 340 g/mol. The van der Waals surface area contributed by atoms with Gasteiger partial charge in [0.1, 0.15) is 5.82 Å². The first-order chi connectivity index (χ1) is 13.1. The Morgan fingerprint density at radius 2 is 2.04 bits per heavy atom. The lowest BCUT2D eigenvalue weighted by molar-refractivity contribution is -0.117. The van der Waals surface area contributed by atoms with Crippen LogP contribution in [-0.2, 0) is 11.8 Å². The van der Waals surface area contributed by atoms with Crippen LogP contribution in [0.4, 0.5) is 5.69 Å². The van der Waals surface area contributed by atoms with E-state index in [1.165, 1.54) is 0 Å². The fourth-order valence-electron chi connectivity index (χ4n) is 3.57. The minimum Gasteiger partial charge on any atom is -0.330 e. The molecule has 27 heavy (non-hydrogen) atoms. The normalized spacial score (nSPS) is 15.1. The monoisotopic (exact) mass is 358 g/mol. The molecule has 4 rings (SSSR count). The van der Waals surface area contributed by atoms with Crippen LogP contribution in [0.2, 0.25) is 0 Å². The van der Waals surface area contributed by atoms with Gasteiger partial charge < -0.3 is 9.47 Å². The summed E-state index contributed by atoms with van der Waals surface area (Å²) in [4.78, 5) is 31.2. The molecule has 2 aromatic carbocycles. The molecule has 0 saturated carbocycles. The van der Waals surface area contributed by atoms with Gasteiger partial charge in [0.15, 0.2) is 11.7 Å². The number of ketones is 1. The smallest absolute Gasteiger partial charge is 0.227 e. The summed E-state index contributed by atoms with van der Waals surface area (Å²) in [6, 6.07) is 16.6. The van der Waals surface area contributed by atoms with Crippen molar-refractivity contribution >= 4 is 28.4 Å². The van der Waals surface area contributed by atoms with Crippen LogP contribution < -0.4 is 4.90 Å². The van der Waals surface area contributed by atoms with Gasteiger partial charge in [-0.3, -0.25) is 9.59 Å². The van der Waals surface area contributed by atoms with Gasteiger partial charge in [-0.25, -0.2) is 4.98 Å². The Balaban J connectivity index is 1.71. The molecule has 6 nitrogen and oxygen atoms in total. The molecule has 3 aromatic rings. The van der Waals surface area contributed by atoms with Crippen LogP contribution in [-0.4, -0.2) is 27.8 Å². The summed E-state index contributed by atoms with van der Waals surface area (Å²) >= 11 is 0. The molecule has 0 bridgehead atoms. The van der Waals surface area contributed by atoms with Crippen molar-refractivity contribution in [3.63, 3.8) is 0 Å². The van der Waals surface area contributed by atoms with Crippen LogP contribution in [0, 0.1) is 11.3 Å². The summed E-state index contributed by atoms with van der Waals surface area (Å²) in [5.41, 5.74) is 2.73. The summed E-state index contributed by atoms with van der Waals surface area (Å²) < 4.78 is 1.79. The Hall–Kier alpha value is -3.46. The molecular formula is C21H18N4O2. The zero-order valence-electron chi connectivity index (χ0n) is 14.9. The number of anilines is 1. The van der Waals surface area contributed by atoms with Crippen molar-refractivity contribution in [3.8, 4) is 6.07 Å². The van der Waals surface area contributed by atoms with Crippen molar-refractivity contribution in [3.05, 3.63) is 59.9 Å². The molecule has 1 aliphatic heterocycles. The van der Waals surface area contributed by atoms with Crippen molar-refractivity contribution in [2.45, 2.75) is 18.8 Å². The predicted octanol–water partition coefficient (Wildman–Crippen LogP) is 3.19. The van der Waals surface area contributed by atoms with Gasteiger partial charge in [0, 0.05) is 31.3 Å². The number of hydrogen-bond acceptors (Lipinski definition) is 4. The highest BCUT2D eigenvalue weighted by Gasteiger charge is 2.28. The maximum Gasteiger partial charge on any atom is 0.227 e. The van der Waals surface area contributed by atoms with E-state index in [0.717, 1.165) is 17.5 Å². The fraction of sp³-hybridized carbons (Fsp3) is 0.238.